The van der Waals surface area contributed by atoms with Crippen molar-refractivity contribution >= 4 is 46.4 Å². The normalized spacial score (nSPS) is 12.5. The molecule has 0 bridgehead atoms. The lowest BCUT2D eigenvalue weighted by Gasteiger charge is -1.85. The van der Waals surface area contributed by atoms with Crippen molar-refractivity contribution in [2.75, 3.05) is 11.8 Å². The van der Waals surface area contributed by atoms with Crippen LogP contribution in [0, 0.1) is 0 Å². The van der Waals surface area contributed by atoms with Gasteiger partial charge in [0.25, 0.3) is 0 Å². The van der Waals surface area contributed by atoms with Crippen LogP contribution in [-0.2, 0) is 0 Å². The molecule has 0 fully saturated rings. The van der Waals surface area contributed by atoms with E-state index in [2.05, 4.69) is 0 Å². The van der Waals surface area contributed by atoms with Crippen molar-refractivity contribution in [3.05, 3.63) is 11.6 Å². The van der Waals surface area contributed by atoms with Crippen LogP contribution in [0.3, 0.4) is 0 Å². The highest BCUT2D eigenvalue weighted by Crippen LogP contribution is 1.93. The van der Waals surface area contributed by atoms with Gasteiger partial charge in [0.15, 0.2) is 0 Å². The molecule has 0 amide bonds. The number of allylic oxidation sites excluding steroid dienone is 1. The van der Waals surface area contributed by atoms with E-state index in [4.69, 9.17) is 46.4 Å². The Morgan fingerprint density at radius 2 is 1.80 bits per heavy atom. The first-order valence-electron chi connectivity index (χ1n) is 2.70. The molecule has 0 N–H and O–H groups in total. The summed E-state index contributed by atoms with van der Waals surface area (Å²) in [7, 11) is 0. The van der Waals surface area contributed by atoms with Crippen LogP contribution >= 0.6 is 46.4 Å². The van der Waals surface area contributed by atoms with Gasteiger partial charge in [0.1, 0.15) is 0 Å². The number of rotatable bonds is 2. The summed E-state index contributed by atoms with van der Waals surface area (Å²) in [6, 6.07) is 0. The molecule has 62 valence electrons. The summed E-state index contributed by atoms with van der Waals surface area (Å²) in [5.41, 5.74) is 1.40. The third-order valence-corrected chi connectivity index (χ3v) is 1.52. The van der Waals surface area contributed by atoms with Crippen molar-refractivity contribution in [3.8, 4) is 0 Å². The third kappa shape index (κ3) is 23.1. The predicted molar refractivity (Wildman–Crippen MR) is 51.7 cm³/mol. The Hall–Kier alpha value is 0.900. The van der Waals surface area contributed by atoms with Gasteiger partial charge in [0.2, 0.25) is 0 Å². The molecule has 0 aromatic heterocycles. The maximum Gasteiger partial charge on any atom is 0.0443 e. The van der Waals surface area contributed by atoms with Crippen LogP contribution < -0.4 is 0 Å². The molecule has 4 heteroatoms. The van der Waals surface area contributed by atoms with Crippen molar-refractivity contribution in [1.29, 1.82) is 0 Å². The van der Waals surface area contributed by atoms with Crippen molar-refractivity contribution < 1.29 is 0 Å². The van der Waals surface area contributed by atoms with E-state index >= 15 is 0 Å². The highest BCUT2D eigenvalue weighted by atomic mass is 35.5. The number of hydrogen-bond donors (Lipinski definition) is 0. The second-order valence-electron chi connectivity index (χ2n) is 1.45. The summed E-state index contributed by atoms with van der Waals surface area (Å²) in [5, 5.41) is 0.122. The van der Waals surface area contributed by atoms with Gasteiger partial charge in [-0.25, -0.2) is 0 Å². The maximum absolute atomic E-state index is 5.33. The standard InChI is InChI=1S/C3H6Cl2.C3H4Cl2/c1-3(5)2-4;4-2-1-3-5/h3H,2H2,1H3;1-2H,3H2/b;2-1-. The van der Waals surface area contributed by atoms with Gasteiger partial charge in [0, 0.05) is 22.7 Å². The lowest BCUT2D eigenvalue weighted by Crippen LogP contribution is -1.87. The molecule has 0 radical (unpaired) electrons. The molecule has 0 aromatic carbocycles. The van der Waals surface area contributed by atoms with Crippen LogP contribution in [-0.4, -0.2) is 17.1 Å². The van der Waals surface area contributed by atoms with Gasteiger partial charge in [-0.15, -0.1) is 34.8 Å². The molecule has 0 aliphatic rings. The van der Waals surface area contributed by atoms with Crippen molar-refractivity contribution in [3.63, 3.8) is 0 Å². The van der Waals surface area contributed by atoms with Crippen LogP contribution in [0.1, 0.15) is 6.92 Å². The smallest absolute Gasteiger partial charge is 0.0443 e. The molecule has 0 rings (SSSR count). The zero-order valence-corrected chi connectivity index (χ0v) is 8.68. The van der Waals surface area contributed by atoms with Crippen LogP contribution in [0.2, 0.25) is 0 Å². The first kappa shape index (κ1) is 13.5. The summed E-state index contributed by atoms with van der Waals surface area (Å²) in [6.45, 7) is 1.86. The molecule has 0 heterocycles. The fourth-order valence-electron chi connectivity index (χ4n) is 0.0337. The summed E-state index contributed by atoms with van der Waals surface area (Å²) < 4.78 is 0. The van der Waals surface area contributed by atoms with Crippen molar-refractivity contribution in [2.24, 2.45) is 0 Å². The van der Waals surface area contributed by atoms with Gasteiger partial charge >= 0.3 is 0 Å². The summed E-state index contributed by atoms with van der Waals surface area (Å²) in [4.78, 5) is 0. The lowest BCUT2D eigenvalue weighted by molar-refractivity contribution is 1.11. The SMILES string of the molecule is CC(Cl)CCl.Cl/C=C\CCl. The molecule has 10 heavy (non-hydrogen) atoms. The van der Waals surface area contributed by atoms with E-state index in [1.165, 1.54) is 5.54 Å². The van der Waals surface area contributed by atoms with E-state index in [1.807, 2.05) is 6.92 Å². The van der Waals surface area contributed by atoms with Crippen molar-refractivity contribution in [1.82, 2.24) is 0 Å². The highest BCUT2D eigenvalue weighted by molar-refractivity contribution is 6.27. The minimum Gasteiger partial charge on any atom is -0.125 e. The van der Waals surface area contributed by atoms with E-state index in [1.54, 1.807) is 6.08 Å². The Balaban J connectivity index is 0. The molecule has 1 unspecified atom stereocenters. The Bertz CT molecular complexity index is 70.1. The van der Waals surface area contributed by atoms with Crippen LogP contribution in [0.4, 0.5) is 0 Å². The second kappa shape index (κ2) is 12.6. The molecular weight excluding hydrogens is 214 g/mol. The minimum absolute atomic E-state index is 0.122. The molecule has 0 aliphatic carbocycles. The first-order valence-corrected chi connectivity index (χ1v) is 4.64. The van der Waals surface area contributed by atoms with Gasteiger partial charge in [-0.1, -0.05) is 17.7 Å². The topological polar surface area (TPSA) is 0 Å². The second-order valence-corrected chi connectivity index (χ2v) is 3.07. The molecular formula is C6H10Cl4. The van der Waals surface area contributed by atoms with E-state index in [0.717, 1.165) is 0 Å². The molecule has 0 nitrogen and oxygen atoms in total. The van der Waals surface area contributed by atoms with E-state index in [-0.39, 0.29) is 5.38 Å². The summed E-state index contributed by atoms with van der Waals surface area (Å²) >= 11 is 20.7. The van der Waals surface area contributed by atoms with E-state index < -0.39 is 0 Å². The minimum atomic E-state index is 0.122. The third-order valence-electron chi connectivity index (χ3n) is 0.391. The van der Waals surface area contributed by atoms with Gasteiger partial charge in [-0.2, -0.15) is 0 Å². The van der Waals surface area contributed by atoms with Crippen LogP contribution in [0.15, 0.2) is 11.6 Å². The van der Waals surface area contributed by atoms with E-state index in [0.29, 0.717) is 11.8 Å². The molecule has 0 saturated heterocycles. The average molecular weight is 224 g/mol. The van der Waals surface area contributed by atoms with Crippen LogP contribution in [0.25, 0.3) is 0 Å². The average Bonchev–Trinajstić information content (AvgIpc) is 1.91. The predicted octanol–water partition coefficient (Wildman–Crippen LogP) is 3.83. The quantitative estimate of drug-likeness (QED) is 0.625. The number of halogens is 4. The zero-order valence-electron chi connectivity index (χ0n) is 5.66. The maximum atomic E-state index is 5.33. The molecule has 0 spiro atoms. The number of hydrogen-bond acceptors (Lipinski definition) is 0. The molecule has 0 saturated carbocycles. The van der Waals surface area contributed by atoms with Crippen LogP contribution in [0.5, 0.6) is 0 Å². The van der Waals surface area contributed by atoms with Gasteiger partial charge in [-0.05, 0) is 6.92 Å². The first-order chi connectivity index (χ1) is 4.68. The van der Waals surface area contributed by atoms with Gasteiger partial charge < -0.3 is 0 Å². The molecule has 0 aromatic rings. The fourth-order valence-corrected chi connectivity index (χ4v) is 0.303. The Morgan fingerprint density at radius 1 is 1.40 bits per heavy atom. The van der Waals surface area contributed by atoms with Gasteiger partial charge in [0.05, 0.1) is 0 Å². The fraction of sp³-hybridized carbons (Fsp3) is 0.667. The zero-order chi connectivity index (χ0) is 8.41. The van der Waals surface area contributed by atoms with Gasteiger partial charge in [-0.3, -0.25) is 0 Å². The Labute approximate surface area is 82.1 Å². The molecule has 0 aliphatic heterocycles. The van der Waals surface area contributed by atoms with E-state index in [9.17, 15) is 0 Å². The lowest BCUT2D eigenvalue weighted by atomic mass is 10.6. The Morgan fingerprint density at radius 3 is 1.80 bits per heavy atom. The highest BCUT2D eigenvalue weighted by Gasteiger charge is 1.85. The summed E-state index contributed by atoms with van der Waals surface area (Å²) in [6.07, 6.45) is 1.66. The Kier molecular flexibility index (Phi) is 16.9. The van der Waals surface area contributed by atoms with Crippen molar-refractivity contribution in [2.45, 2.75) is 12.3 Å². The largest absolute Gasteiger partial charge is 0.125 e. The summed E-state index contributed by atoms with van der Waals surface area (Å²) in [5.74, 6) is 1.05. The number of alkyl halides is 3. The monoisotopic (exact) mass is 222 g/mol. The molecule has 1 atom stereocenters.